The van der Waals surface area contributed by atoms with Crippen LogP contribution >= 0.6 is 11.6 Å². The third kappa shape index (κ3) is 2.28. The Morgan fingerprint density at radius 1 is 1.13 bits per heavy atom. The largest absolute Gasteiger partial charge is 0.512 e. The third-order valence-corrected chi connectivity index (χ3v) is 2.46. The summed E-state index contributed by atoms with van der Waals surface area (Å²) in [5, 5.41) is 9.99. The van der Waals surface area contributed by atoms with Gasteiger partial charge in [0, 0.05) is 17.5 Å². The van der Waals surface area contributed by atoms with Crippen LogP contribution in [0.1, 0.15) is 12.0 Å². The molecule has 0 saturated carbocycles. The number of allylic oxidation sites excluding steroid dienone is 3. The maximum absolute atomic E-state index is 11.2. The van der Waals surface area contributed by atoms with Crippen molar-refractivity contribution < 1.29 is 9.90 Å². The Morgan fingerprint density at radius 2 is 1.80 bits per heavy atom. The molecule has 0 radical (unpaired) electrons. The van der Waals surface area contributed by atoms with Crippen LogP contribution in [0.3, 0.4) is 0 Å². The zero-order chi connectivity index (χ0) is 10.8. The van der Waals surface area contributed by atoms with Gasteiger partial charge in [0.05, 0.1) is 0 Å². The van der Waals surface area contributed by atoms with Gasteiger partial charge in [-0.2, -0.15) is 0 Å². The van der Waals surface area contributed by atoms with Crippen LogP contribution in [-0.2, 0) is 4.79 Å². The highest BCUT2D eigenvalue weighted by atomic mass is 35.5. The number of aliphatic hydroxyl groups excluding tert-OH is 1. The normalized spacial score (nSPS) is 15.9. The van der Waals surface area contributed by atoms with Crippen LogP contribution in [0.2, 0.25) is 5.02 Å². The highest BCUT2D eigenvalue weighted by Crippen LogP contribution is 2.25. The summed E-state index contributed by atoms with van der Waals surface area (Å²) < 4.78 is 0. The first-order valence-electron chi connectivity index (χ1n) is 4.55. The van der Waals surface area contributed by atoms with Crippen LogP contribution in [0.5, 0.6) is 0 Å². The molecule has 0 unspecified atom stereocenters. The minimum atomic E-state index is -0.177. The molecule has 0 saturated heterocycles. The summed E-state index contributed by atoms with van der Waals surface area (Å²) >= 11 is 5.76. The minimum Gasteiger partial charge on any atom is -0.512 e. The number of carbonyl (C=O) groups is 1. The van der Waals surface area contributed by atoms with Crippen molar-refractivity contribution in [1.29, 1.82) is 0 Å². The standard InChI is InChI=1S/C12H9ClO2/c13-10-3-1-8(2-4-10)9-5-11(14)7-12(15)6-9/h1-5,7,15H,6H2. The summed E-state index contributed by atoms with van der Waals surface area (Å²) in [7, 11) is 0. The molecule has 1 N–H and O–H groups in total. The highest BCUT2D eigenvalue weighted by molar-refractivity contribution is 6.30. The second-order valence-electron chi connectivity index (χ2n) is 3.39. The lowest BCUT2D eigenvalue weighted by atomic mass is 9.96. The van der Waals surface area contributed by atoms with Crippen molar-refractivity contribution in [1.82, 2.24) is 0 Å². The van der Waals surface area contributed by atoms with Crippen molar-refractivity contribution >= 4 is 23.0 Å². The van der Waals surface area contributed by atoms with E-state index in [0.29, 0.717) is 11.4 Å². The summed E-state index contributed by atoms with van der Waals surface area (Å²) in [6.07, 6.45) is 3.16. The zero-order valence-corrected chi connectivity index (χ0v) is 8.66. The lowest BCUT2D eigenvalue weighted by Crippen LogP contribution is -2.01. The molecule has 3 heteroatoms. The maximum atomic E-state index is 11.2. The first-order valence-corrected chi connectivity index (χ1v) is 4.93. The zero-order valence-electron chi connectivity index (χ0n) is 7.90. The molecule has 0 fully saturated rings. The first kappa shape index (κ1) is 9.99. The summed E-state index contributed by atoms with van der Waals surface area (Å²) in [5.41, 5.74) is 1.73. The van der Waals surface area contributed by atoms with Gasteiger partial charge in [0.2, 0.25) is 0 Å². The number of hydrogen-bond acceptors (Lipinski definition) is 2. The highest BCUT2D eigenvalue weighted by Gasteiger charge is 2.12. The molecule has 0 aromatic heterocycles. The van der Waals surface area contributed by atoms with Crippen LogP contribution < -0.4 is 0 Å². The molecule has 2 nitrogen and oxygen atoms in total. The van der Waals surface area contributed by atoms with E-state index in [4.69, 9.17) is 11.6 Å². The molecule has 0 aliphatic heterocycles. The molecule has 0 atom stereocenters. The van der Waals surface area contributed by atoms with Gasteiger partial charge in [0.1, 0.15) is 5.76 Å². The fourth-order valence-electron chi connectivity index (χ4n) is 1.52. The number of aliphatic hydroxyl groups is 1. The van der Waals surface area contributed by atoms with E-state index in [9.17, 15) is 9.90 Å². The molecule has 1 aliphatic carbocycles. The minimum absolute atomic E-state index is 0.104. The predicted octanol–water partition coefficient (Wildman–Crippen LogP) is 3.14. The van der Waals surface area contributed by atoms with Gasteiger partial charge >= 0.3 is 0 Å². The fraction of sp³-hybridized carbons (Fsp3) is 0.0833. The van der Waals surface area contributed by atoms with Crippen molar-refractivity contribution in [3.05, 3.63) is 52.8 Å². The van der Waals surface area contributed by atoms with Gasteiger partial charge in [-0.3, -0.25) is 4.79 Å². The summed E-state index contributed by atoms with van der Waals surface area (Å²) in [5.74, 6) is -0.0730. The summed E-state index contributed by atoms with van der Waals surface area (Å²) in [6, 6.07) is 7.19. The van der Waals surface area contributed by atoms with E-state index < -0.39 is 0 Å². The molecule has 1 aliphatic rings. The summed E-state index contributed by atoms with van der Waals surface area (Å²) in [4.78, 5) is 11.2. The van der Waals surface area contributed by atoms with Gasteiger partial charge in [-0.1, -0.05) is 23.7 Å². The maximum Gasteiger partial charge on any atom is 0.182 e. The quantitative estimate of drug-likeness (QED) is 0.790. The SMILES string of the molecule is O=C1C=C(O)CC(c2ccc(Cl)cc2)=C1. The molecule has 1 aromatic carbocycles. The molecule has 76 valence electrons. The number of rotatable bonds is 1. The second kappa shape index (κ2) is 3.91. The van der Waals surface area contributed by atoms with E-state index in [1.54, 1.807) is 12.1 Å². The Kier molecular flexibility index (Phi) is 2.60. The van der Waals surface area contributed by atoms with Crippen molar-refractivity contribution in [3.8, 4) is 0 Å². The summed E-state index contributed by atoms with van der Waals surface area (Å²) in [6.45, 7) is 0. The molecule has 0 bridgehead atoms. The van der Waals surface area contributed by atoms with E-state index in [1.165, 1.54) is 12.2 Å². The smallest absolute Gasteiger partial charge is 0.182 e. The van der Waals surface area contributed by atoms with Crippen molar-refractivity contribution in [2.24, 2.45) is 0 Å². The average Bonchev–Trinajstić information content (AvgIpc) is 2.17. The molecular formula is C12H9ClO2. The van der Waals surface area contributed by atoms with Gasteiger partial charge in [-0.25, -0.2) is 0 Å². The van der Waals surface area contributed by atoms with Crippen LogP contribution in [0, 0.1) is 0 Å². The number of halogens is 1. The Bertz CT molecular complexity index is 455. The topological polar surface area (TPSA) is 37.3 Å². The van der Waals surface area contributed by atoms with E-state index in [2.05, 4.69) is 0 Å². The van der Waals surface area contributed by atoms with Crippen molar-refractivity contribution in [2.75, 3.05) is 0 Å². The lowest BCUT2D eigenvalue weighted by Gasteiger charge is -2.10. The van der Waals surface area contributed by atoms with Gasteiger partial charge in [0.25, 0.3) is 0 Å². The molecule has 2 rings (SSSR count). The van der Waals surface area contributed by atoms with Crippen LogP contribution in [0.15, 0.2) is 42.2 Å². The predicted molar refractivity (Wildman–Crippen MR) is 59.8 cm³/mol. The third-order valence-electron chi connectivity index (χ3n) is 2.21. The molecule has 0 heterocycles. The van der Waals surface area contributed by atoms with E-state index in [-0.39, 0.29) is 11.5 Å². The van der Waals surface area contributed by atoms with E-state index in [0.717, 1.165) is 11.1 Å². The number of benzene rings is 1. The number of carbonyl (C=O) groups excluding carboxylic acids is 1. The van der Waals surface area contributed by atoms with Crippen LogP contribution in [0.4, 0.5) is 0 Å². The Balaban J connectivity index is 2.33. The van der Waals surface area contributed by atoms with Gasteiger partial charge in [-0.05, 0) is 29.3 Å². The number of hydrogen-bond donors (Lipinski definition) is 1. The van der Waals surface area contributed by atoms with Crippen molar-refractivity contribution in [3.63, 3.8) is 0 Å². The average molecular weight is 221 g/mol. The van der Waals surface area contributed by atoms with Crippen LogP contribution in [-0.4, -0.2) is 10.9 Å². The molecule has 0 amide bonds. The lowest BCUT2D eigenvalue weighted by molar-refractivity contribution is -0.110. The Labute approximate surface area is 92.5 Å². The van der Waals surface area contributed by atoms with Crippen molar-refractivity contribution in [2.45, 2.75) is 6.42 Å². The molecular weight excluding hydrogens is 212 g/mol. The Hall–Kier alpha value is -1.54. The van der Waals surface area contributed by atoms with Gasteiger partial charge in [-0.15, -0.1) is 0 Å². The molecule has 1 aromatic rings. The van der Waals surface area contributed by atoms with E-state index >= 15 is 0 Å². The molecule has 0 spiro atoms. The van der Waals surface area contributed by atoms with Gasteiger partial charge < -0.3 is 5.11 Å². The second-order valence-corrected chi connectivity index (χ2v) is 3.83. The molecule has 15 heavy (non-hydrogen) atoms. The first-order chi connectivity index (χ1) is 7.15. The van der Waals surface area contributed by atoms with E-state index in [1.807, 2.05) is 12.1 Å². The fourth-order valence-corrected chi connectivity index (χ4v) is 1.65. The Morgan fingerprint density at radius 3 is 2.40 bits per heavy atom. The monoisotopic (exact) mass is 220 g/mol. The number of ketones is 1. The van der Waals surface area contributed by atoms with Crippen LogP contribution in [0.25, 0.3) is 5.57 Å². The van der Waals surface area contributed by atoms with Gasteiger partial charge in [0.15, 0.2) is 5.78 Å².